The third-order valence-corrected chi connectivity index (χ3v) is 4.13. The fourth-order valence-corrected chi connectivity index (χ4v) is 3.10. The molecule has 0 aromatic carbocycles. The quantitative estimate of drug-likeness (QED) is 0.925. The van der Waals surface area contributed by atoms with Gasteiger partial charge in [0.15, 0.2) is 0 Å². The van der Waals surface area contributed by atoms with Gasteiger partial charge in [-0.3, -0.25) is 4.79 Å². The van der Waals surface area contributed by atoms with E-state index < -0.39 is 0 Å². The van der Waals surface area contributed by atoms with Crippen molar-refractivity contribution < 1.29 is 9.53 Å². The van der Waals surface area contributed by atoms with Gasteiger partial charge in [-0.05, 0) is 18.9 Å². The molecule has 0 bridgehead atoms. The molecule has 0 spiro atoms. The maximum atomic E-state index is 12.5. The van der Waals surface area contributed by atoms with Crippen molar-refractivity contribution in [3.63, 3.8) is 0 Å². The van der Waals surface area contributed by atoms with E-state index in [1.807, 2.05) is 11.0 Å². The van der Waals surface area contributed by atoms with Crippen molar-refractivity contribution in [1.82, 2.24) is 9.88 Å². The monoisotopic (exact) mass is 297 g/mol. The predicted octanol–water partition coefficient (Wildman–Crippen LogP) is 1.87. The van der Waals surface area contributed by atoms with Crippen LogP contribution in [0, 0.1) is 0 Å². The number of methoxy groups -OCH3 is 1. The Labute approximate surface area is 124 Å². The van der Waals surface area contributed by atoms with Crippen LogP contribution in [0.5, 0.6) is 5.88 Å². The number of pyridine rings is 1. The number of carbonyl (C=O) groups is 1. The zero-order chi connectivity index (χ0) is 13.4. The molecular weight excluding hydrogens is 278 g/mol. The summed E-state index contributed by atoms with van der Waals surface area (Å²) in [5.74, 6) is 0.647. The first kappa shape index (κ1) is 15.1. The van der Waals surface area contributed by atoms with Crippen LogP contribution in [-0.4, -0.2) is 28.9 Å². The third kappa shape index (κ3) is 2.36. The maximum Gasteiger partial charge on any atom is 0.256 e. The Morgan fingerprint density at radius 1 is 1.45 bits per heavy atom. The molecule has 5 nitrogen and oxygen atoms in total. The molecule has 20 heavy (non-hydrogen) atoms. The average molecular weight is 298 g/mol. The zero-order valence-corrected chi connectivity index (χ0v) is 12.4. The Morgan fingerprint density at radius 2 is 2.15 bits per heavy atom. The van der Waals surface area contributed by atoms with Gasteiger partial charge in [-0.2, -0.15) is 0 Å². The molecule has 1 amide bonds. The average Bonchev–Trinajstić information content (AvgIpc) is 3.05. The van der Waals surface area contributed by atoms with Gasteiger partial charge in [0.05, 0.1) is 24.9 Å². The molecule has 1 fully saturated rings. The molecule has 2 aliphatic rings. The second-order valence-electron chi connectivity index (χ2n) is 5.23. The highest BCUT2D eigenvalue weighted by Crippen LogP contribution is 2.32. The van der Waals surface area contributed by atoms with Crippen molar-refractivity contribution >= 4 is 18.3 Å². The molecule has 0 atom stereocenters. The van der Waals surface area contributed by atoms with Crippen molar-refractivity contribution in [3.05, 3.63) is 22.9 Å². The second kappa shape index (κ2) is 5.97. The van der Waals surface area contributed by atoms with Crippen LogP contribution in [-0.2, 0) is 13.1 Å². The largest absolute Gasteiger partial charge is 0.481 e. The van der Waals surface area contributed by atoms with E-state index in [4.69, 9.17) is 10.5 Å². The molecule has 1 aliphatic heterocycles. The van der Waals surface area contributed by atoms with Gasteiger partial charge >= 0.3 is 0 Å². The van der Waals surface area contributed by atoms with E-state index in [1.165, 1.54) is 12.8 Å². The van der Waals surface area contributed by atoms with Gasteiger partial charge in [-0.25, -0.2) is 4.98 Å². The highest BCUT2D eigenvalue weighted by atomic mass is 35.5. The topological polar surface area (TPSA) is 68.5 Å². The molecule has 2 heterocycles. The Hall–Kier alpha value is -1.33. The van der Waals surface area contributed by atoms with Gasteiger partial charge < -0.3 is 15.4 Å². The second-order valence-corrected chi connectivity index (χ2v) is 5.23. The zero-order valence-electron chi connectivity index (χ0n) is 11.6. The highest BCUT2D eigenvalue weighted by Gasteiger charge is 2.35. The summed E-state index contributed by atoms with van der Waals surface area (Å²) in [6.45, 7) is 0.945. The number of aromatic nitrogens is 1. The number of rotatable bonds is 3. The minimum Gasteiger partial charge on any atom is -0.481 e. The van der Waals surface area contributed by atoms with E-state index in [0.717, 1.165) is 24.1 Å². The molecule has 0 unspecified atom stereocenters. The number of carbonyl (C=O) groups excluding carboxylic acids is 1. The highest BCUT2D eigenvalue weighted by molar-refractivity contribution is 5.98. The summed E-state index contributed by atoms with van der Waals surface area (Å²) in [4.78, 5) is 18.9. The van der Waals surface area contributed by atoms with Gasteiger partial charge in [0.2, 0.25) is 5.88 Å². The van der Waals surface area contributed by atoms with Crippen molar-refractivity contribution in [2.45, 2.75) is 44.8 Å². The Kier molecular flexibility index (Phi) is 4.50. The predicted molar refractivity (Wildman–Crippen MR) is 78.1 cm³/mol. The summed E-state index contributed by atoms with van der Waals surface area (Å²) < 4.78 is 5.24. The molecule has 2 N–H and O–H groups in total. The lowest BCUT2D eigenvalue weighted by molar-refractivity contribution is 0.0706. The molecular formula is C14H20ClN3O2. The van der Waals surface area contributed by atoms with Crippen molar-refractivity contribution in [2.24, 2.45) is 5.73 Å². The number of hydrogen-bond donors (Lipinski definition) is 1. The molecule has 1 aliphatic carbocycles. The van der Waals surface area contributed by atoms with Crippen LogP contribution < -0.4 is 10.5 Å². The van der Waals surface area contributed by atoms with E-state index in [0.29, 0.717) is 30.6 Å². The Balaban J connectivity index is 0.00000147. The van der Waals surface area contributed by atoms with Gasteiger partial charge in [0.1, 0.15) is 0 Å². The van der Waals surface area contributed by atoms with Crippen LogP contribution in [0.15, 0.2) is 6.07 Å². The Morgan fingerprint density at radius 3 is 2.75 bits per heavy atom. The van der Waals surface area contributed by atoms with Gasteiger partial charge in [0, 0.05) is 18.2 Å². The lowest BCUT2D eigenvalue weighted by Gasteiger charge is -2.22. The van der Waals surface area contributed by atoms with Crippen LogP contribution in [0.4, 0.5) is 0 Å². The molecule has 3 rings (SSSR count). The first-order valence-electron chi connectivity index (χ1n) is 6.82. The number of amides is 1. The number of nitrogens with zero attached hydrogens (tertiary/aromatic N) is 2. The summed E-state index contributed by atoms with van der Waals surface area (Å²) in [6, 6.07) is 2.23. The first-order chi connectivity index (χ1) is 9.24. The standard InChI is InChI=1S/C14H19N3O2.ClH/c1-19-13-9(7-15)6-11-12(16-13)8-17(14(11)18)10-4-2-3-5-10;/h6,10H,2-5,7-8,15H2,1H3;1H. The Bertz CT molecular complexity index is 515. The lowest BCUT2D eigenvalue weighted by Crippen LogP contribution is -2.33. The summed E-state index contributed by atoms with van der Waals surface area (Å²) >= 11 is 0. The van der Waals surface area contributed by atoms with Crippen LogP contribution in [0.1, 0.15) is 47.3 Å². The van der Waals surface area contributed by atoms with E-state index >= 15 is 0 Å². The fraction of sp³-hybridized carbons (Fsp3) is 0.571. The molecule has 0 radical (unpaired) electrons. The first-order valence-corrected chi connectivity index (χ1v) is 6.82. The number of fused-ring (bicyclic) bond motifs is 1. The maximum absolute atomic E-state index is 12.5. The lowest BCUT2D eigenvalue weighted by atomic mass is 10.1. The van der Waals surface area contributed by atoms with E-state index in [9.17, 15) is 4.79 Å². The summed E-state index contributed by atoms with van der Waals surface area (Å²) in [7, 11) is 1.58. The molecule has 0 saturated heterocycles. The number of hydrogen-bond acceptors (Lipinski definition) is 4. The number of nitrogens with two attached hydrogens (primary N) is 1. The van der Waals surface area contributed by atoms with Crippen LogP contribution in [0.3, 0.4) is 0 Å². The molecule has 6 heteroatoms. The van der Waals surface area contributed by atoms with E-state index in [-0.39, 0.29) is 18.3 Å². The number of ether oxygens (including phenoxy) is 1. The van der Waals surface area contributed by atoms with Gasteiger partial charge in [-0.1, -0.05) is 12.8 Å². The fourth-order valence-electron chi connectivity index (χ4n) is 3.10. The van der Waals surface area contributed by atoms with Gasteiger partial charge in [-0.15, -0.1) is 12.4 Å². The molecule has 1 aromatic heterocycles. The van der Waals surface area contributed by atoms with Crippen molar-refractivity contribution in [3.8, 4) is 5.88 Å². The smallest absolute Gasteiger partial charge is 0.256 e. The summed E-state index contributed by atoms with van der Waals surface area (Å²) in [5.41, 5.74) is 8.00. The van der Waals surface area contributed by atoms with E-state index in [2.05, 4.69) is 4.98 Å². The van der Waals surface area contributed by atoms with Crippen LogP contribution in [0.2, 0.25) is 0 Å². The third-order valence-electron chi connectivity index (χ3n) is 4.13. The molecule has 1 saturated carbocycles. The van der Waals surface area contributed by atoms with Crippen molar-refractivity contribution in [1.29, 1.82) is 0 Å². The summed E-state index contributed by atoms with van der Waals surface area (Å²) in [6.07, 6.45) is 4.66. The van der Waals surface area contributed by atoms with Crippen molar-refractivity contribution in [2.75, 3.05) is 7.11 Å². The molecule has 110 valence electrons. The molecule has 1 aromatic rings. The number of halogens is 1. The SMILES string of the molecule is COc1nc2c(cc1CN)C(=O)N(C1CCCC1)C2.Cl. The van der Waals surface area contributed by atoms with Crippen LogP contribution in [0.25, 0.3) is 0 Å². The minimum atomic E-state index is 0. The summed E-state index contributed by atoms with van der Waals surface area (Å²) in [5, 5.41) is 0. The normalized spacial score (nSPS) is 18.1. The van der Waals surface area contributed by atoms with Crippen LogP contribution >= 0.6 is 12.4 Å². The van der Waals surface area contributed by atoms with E-state index in [1.54, 1.807) is 7.11 Å². The minimum absolute atomic E-state index is 0. The van der Waals surface area contributed by atoms with Gasteiger partial charge in [0.25, 0.3) is 5.91 Å².